The number of nitrogens with one attached hydrogen (secondary N) is 1. The number of fused-ring (bicyclic) bond motifs is 2. The number of benzene rings is 2. The van der Waals surface area contributed by atoms with Gasteiger partial charge in [-0.05, 0) is 24.3 Å². The quantitative estimate of drug-likeness (QED) is 0.806. The Bertz CT molecular complexity index is 795. The maximum Gasteiger partial charge on any atom is 0.270 e. The number of hydrogen-bond acceptors (Lipinski definition) is 7. The summed E-state index contributed by atoms with van der Waals surface area (Å²) in [6, 6.07) is 16.3. The molecule has 0 unspecified atom stereocenters. The Balaban J connectivity index is 1.95. The smallest absolute Gasteiger partial charge is 0.270 e. The molecule has 0 aromatic heterocycles. The van der Waals surface area contributed by atoms with Gasteiger partial charge >= 0.3 is 0 Å². The topological polar surface area (TPSA) is 91.4 Å². The number of nitriles is 1. The third-order valence-corrected chi connectivity index (χ3v) is 2.99. The minimum Gasteiger partial charge on any atom is -0.488 e. The van der Waals surface area contributed by atoms with Crippen molar-refractivity contribution in [2.75, 3.05) is 18.6 Å². The lowest BCUT2D eigenvalue weighted by Gasteiger charge is -2.11. The van der Waals surface area contributed by atoms with Crippen LogP contribution in [0.1, 0.15) is 0 Å². The average Bonchev–Trinajstić information content (AvgIpc) is 2.61. The van der Waals surface area contributed by atoms with E-state index >= 15 is 0 Å². The molecule has 0 atom stereocenters. The Labute approximate surface area is 132 Å². The zero-order valence-electron chi connectivity index (χ0n) is 12.1. The summed E-state index contributed by atoms with van der Waals surface area (Å²) in [6.07, 6.45) is 0. The summed E-state index contributed by atoms with van der Waals surface area (Å²) >= 11 is 0. The van der Waals surface area contributed by atoms with Crippen LogP contribution in [0, 0.1) is 11.3 Å². The zero-order valence-corrected chi connectivity index (χ0v) is 12.1. The van der Waals surface area contributed by atoms with E-state index in [1.54, 1.807) is 24.3 Å². The molecular formula is C16H13N5O2. The monoisotopic (exact) mass is 307 g/mol. The molecule has 0 fully saturated rings. The molecule has 0 saturated heterocycles. The first-order valence-corrected chi connectivity index (χ1v) is 6.96. The predicted molar refractivity (Wildman–Crippen MR) is 85.1 cm³/mol. The predicted octanol–water partition coefficient (Wildman–Crippen LogP) is 3.49. The van der Waals surface area contributed by atoms with Crippen LogP contribution < -0.4 is 14.9 Å². The van der Waals surface area contributed by atoms with Crippen LogP contribution >= 0.6 is 0 Å². The molecule has 1 aliphatic heterocycles. The third-order valence-electron chi connectivity index (χ3n) is 2.99. The van der Waals surface area contributed by atoms with Gasteiger partial charge in [-0.2, -0.15) is 5.26 Å². The number of para-hydroxylation sites is 3. The van der Waals surface area contributed by atoms with Gasteiger partial charge in [-0.15, -0.1) is 15.3 Å². The summed E-state index contributed by atoms with van der Waals surface area (Å²) in [6.45, 7) is 0.714. The molecule has 2 aromatic carbocycles. The van der Waals surface area contributed by atoms with Crippen LogP contribution in [-0.2, 0) is 0 Å². The van der Waals surface area contributed by atoms with Crippen molar-refractivity contribution >= 4 is 17.2 Å². The van der Waals surface area contributed by atoms with E-state index in [4.69, 9.17) is 14.7 Å². The SMILES string of the molecule is N#C/C1=N/Nc2ccccc2OCCOc2ccccc2N=N1. The second kappa shape index (κ2) is 7.04. The van der Waals surface area contributed by atoms with Crippen LogP contribution in [0.25, 0.3) is 0 Å². The third kappa shape index (κ3) is 3.63. The van der Waals surface area contributed by atoms with E-state index in [0.29, 0.717) is 36.1 Å². The number of azo groups is 1. The zero-order chi connectivity index (χ0) is 15.9. The summed E-state index contributed by atoms with van der Waals surface area (Å²) in [4.78, 5) is 0. The van der Waals surface area contributed by atoms with Gasteiger partial charge in [-0.25, -0.2) is 0 Å². The number of ether oxygens (including phenoxy) is 2. The highest BCUT2D eigenvalue weighted by molar-refractivity contribution is 5.97. The Morgan fingerprint density at radius 2 is 1.61 bits per heavy atom. The van der Waals surface area contributed by atoms with Crippen LogP contribution in [0.5, 0.6) is 11.5 Å². The standard InChI is InChI=1S/C16H13N5O2/c17-11-16-20-18-12-5-1-3-7-14(12)22-9-10-23-15-8-4-2-6-13(15)19-21-16/h1-8,18H,9-10H2/b20-16-,21-19?. The van der Waals surface area contributed by atoms with Gasteiger partial charge < -0.3 is 9.47 Å². The van der Waals surface area contributed by atoms with E-state index in [0.717, 1.165) is 0 Å². The maximum atomic E-state index is 9.11. The molecule has 1 aliphatic rings. The van der Waals surface area contributed by atoms with Gasteiger partial charge in [0.2, 0.25) is 0 Å². The largest absolute Gasteiger partial charge is 0.488 e. The van der Waals surface area contributed by atoms with Crippen LogP contribution in [0.15, 0.2) is 63.9 Å². The molecule has 3 rings (SSSR count). The normalized spacial score (nSPS) is 16.2. The van der Waals surface area contributed by atoms with Gasteiger partial charge in [0.05, 0.1) is 5.69 Å². The van der Waals surface area contributed by atoms with Crippen molar-refractivity contribution in [3.63, 3.8) is 0 Å². The Hall–Kier alpha value is -3.40. The van der Waals surface area contributed by atoms with Crippen molar-refractivity contribution in [2.45, 2.75) is 0 Å². The molecule has 7 heteroatoms. The molecule has 23 heavy (non-hydrogen) atoms. The lowest BCUT2D eigenvalue weighted by atomic mass is 10.3. The summed E-state index contributed by atoms with van der Waals surface area (Å²) in [5.74, 6) is 1.08. The summed E-state index contributed by atoms with van der Waals surface area (Å²) in [7, 11) is 0. The fourth-order valence-corrected chi connectivity index (χ4v) is 1.93. The van der Waals surface area contributed by atoms with Gasteiger partial charge in [0.15, 0.2) is 0 Å². The Kier molecular flexibility index (Phi) is 4.45. The Morgan fingerprint density at radius 1 is 0.913 bits per heavy atom. The van der Waals surface area contributed by atoms with Gasteiger partial charge in [-0.1, -0.05) is 24.3 Å². The van der Waals surface area contributed by atoms with E-state index in [9.17, 15) is 0 Å². The highest BCUT2D eigenvalue weighted by atomic mass is 16.5. The highest BCUT2D eigenvalue weighted by Gasteiger charge is 2.07. The number of anilines is 1. The van der Waals surface area contributed by atoms with Crippen molar-refractivity contribution in [2.24, 2.45) is 15.3 Å². The summed E-state index contributed by atoms with van der Waals surface area (Å²) in [5.41, 5.74) is 3.92. The molecule has 2 aromatic rings. The van der Waals surface area contributed by atoms with E-state index in [-0.39, 0.29) is 5.84 Å². The molecule has 0 saturated carbocycles. The molecule has 7 nitrogen and oxygen atoms in total. The first-order valence-electron chi connectivity index (χ1n) is 6.96. The first kappa shape index (κ1) is 14.5. The van der Waals surface area contributed by atoms with Crippen molar-refractivity contribution in [3.8, 4) is 17.6 Å². The molecule has 1 heterocycles. The van der Waals surface area contributed by atoms with E-state index in [1.165, 1.54) is 0 Å². The highest BCUT2D eigenvalue weighted by Crippen LogP contribution is 2.28. The molecule has 0 spiro atoms. The van der Waals surface area contributed by atoms with Crippen molar-refractivity contribution in [1.82, 2.24) is 0 Å². The summed E-state index contributed by atoms with van der Waals surface area (Å²) in [5, 5.41) is 20.9. The first-order chi connectivity index (χ1) is 11.4. The molecule has 0 aliphatic carbocycles. The van der Waals surface area contributed by atoms with E-state index < -0.39 is 0 Å². The van der Waals surface area contributed by atoms with E-state index in [1.807, 2.05) is 30.3 Å². The molecule has 1 N–H and O–H groups in total. The van der Waals surface area contributed by atoms with Crippen LogP contribution in [0.4, 0.5) is 11.4 Å². The fourth-order valence-electron chi connectivity index (χ4n) is 1.93. The van der Waals surface area contributed by atoms with Crippen molar-refractivity contribution in [3.05, 3.63) is 48.5 Å². The second-order valence-electron chi connectivity index (χ2n) is 4.52. The van der Waals surface area contributed by atoms with Crippen molar-refractivity contribution in [1.29, 1.82) is 5.26 Å². The van der Waals surface area contributed by atoms with Gasteiger partial charge in [0.1, 0.15) is 36.5 Å². The number of nitrogens with zero attached hydrogens (tertiary/aromatic N) is 4. The Morgan fingerprint density at radius 3 is 2.43 bits per heavy atom. The lowest BCUT2D eigenvalue weighted by molar-refractivity contribution is 0.218. The van der Waals surface area contributed by atoms with Crippen LogP contribution in [0.2, 0.25) is 0 Å². The van der Waals surface area contributed by atoms with Crippen LogP contribution in [0.3, 0.4) is 0 Å². The molecule has 114 valence electrons. The van der Waals surface area contributed by atoms with Crippen LogP contribution in [-0.4, -0.2) is 19.0 Å². The second-order valence-corrected chi connectivity index (χ2v) is 4.52. The van der Waals surface area contributed by atoms with E-state index in [2.05, 4.69) is 20.8 Å². The molecular weight excluding hydrogens is 294 g/mol. The average molecular weight is 307 g/mol. The van der Waals surface area contributed by atoms with Gasteiger partial charge in [-0.3, -0.25) is 5.43 Å². The van der Waals surface area contributed by atoms with Crippen molar-refractivity contribution < 1.29 is 9.47 Å². The fraction of sp³-hybridized carbons (Fsp3) is 0.125. The van der Waals surface area contributed by atoms with Gasteiger partial charge in [0.25, 0.3) is 5.84 Å². The lowest BCUT2D eigenvalue weighted by Crippen LogP contribution is -2.09. The molecule has 0 bridgehead atoms. The minimum absolute atomic E-state index is 0.103. The number of hydrogen-bond donors (Lipinski definition) is 1. The number of rotatable bonds is 0. The summed E-state index contributed by atoms with van der Waals surface area (Å²) < 4.78 is 11.3. The number of amidine groups is 1. The number of hydrazone groups is 1. The van der Waals surface area contributed by atoms with Gasteiger partial charge in [0, 0.05) is 0 Å². The molecule has 0 amide bonds. The minimum atomic E-state index is -0.103. The maximum absolute atomic E-state index is 9.11. The molecule has 0 radical (unpaired) electrons.